The Morgan fingerprint density at radius 3 is 2.82 bits per heavy atom. The number of hydrogen-bond donors (Lipinski definition) is 2. The minimum atomic E-state index is -1.10. The SMILES string of the molecule is COc1cc(NC2CNC2)ncc1[C@@H]1c2ccc3nn(C4CCCCO4)cc3c2C[C@@H](C)N1CC1(F)CC1. The van der Waals surface area contributed by atoms with E-state index in [-0.39, 0.29) is 18.3 Å². The summed E-state index contributed by atoms with van der Waals surface area (Å²) in [7, 11) is 1.71. The van der Waals surface area contributed by atoms with Gasteiger partial charge in [-0.25, -0.2) is 14.1 Å². The van der Waals surface area contributed by atoms with Gasteiger partial charge in [0.25, 0.3) is 0 Å². The van der Waals surface area contributed by atoms with E-state index in [1.54, 1.807) is 7.11 Å². The highest BCUT2D eigenvalue weighted by Gasteiger charge is 2.48. The number of nitrogens with zero attached hydrogens (tertiary/aromatic N) is 4. The van der Waals surface area contributed by atoms with E-state index in [1.165, 1.54) is 11.1 Å². The van der Waals surface area contributed by atoms with E-state index in [1.807, 2.05) is 16.9 Å². The van der Waals surface area contributed by atoms with Crippen LogP contribution < -0.4 is 15.4 Å². The Balaban J connectivity index is 1.31. The highest BCUT2D eigenvalue weighted by molar-refractivity contribution is 5.84. The molecule has 0 radical (unpaired) electrons. The molecule has 38 heavy (non-hydrogen) atoms. The van der Waals surface area contributed by atoms with E-state index in [4.69, 9.17) is 19.6 Å². The van der Waals surface area contributed by atoms with Crippen molar-refractivity contribution >= 4 is 16.7 Å². The van der Waals surface area contributed by atoms with Crippen LogP contribution in [0, 0.1) is 0 Å². The molecular formula is C29H37FN6O2. The Morgan fingerprint density at radius 1 is 1.24 bits per heavy atom. The summed E-state index contributed by atoms with van der Waals surface area (Å²) in [5.74, 6) is 1.58. The summed E-state index contributed by atoms with van der Waals surface area (Å²) in [6.45, 7) is 5.28. The summed E-state index contributed by atoms with van der Waals surface area (Å²) < 4.78 is 29.3. The van der Waals surface area contributed by atoms with E-state index in [9.17, 15) is 0 Å². The molecule has 3 aromatic rings. The highest BCUT2D eigenvalue weighted by atomic mass is 19.1. The third kappa shape index (κ3) is 4.34. The molecule has 3 aliphatic heterocycles. The molecule has 5 heterocycles. The predicted molar refractivity (Wildman–Crippen MR) is 144 cm³/mol. The lowest BCUT2D eigenvalue weighted by atomic mass is 9.83. The largest absolute Gasteiger partial charge is 0.496 e. The smallest absolute Gasteiger partial charge is 0.150 e. The van der Waals surface area contributed by atoms with Crippen LogP contribution in [-0.2, 0) is 11.2 Å². The van der Waals surface area contributed by atoms with Gasteiger partial charge < -0.3 is 20.1 Å². The minimum Gasteiger partial charge on any atom is -0.496 e. The Bertz CT molecular complexity index is 1330. The number of anilines is 1. The topological polar surface area (TPSA) is 76.5 Å². The van der Waals surface area contributed by atoms with Crippen molar-refractivity contribution in [3.05, 3.63) is 47.3 Å². The Kier molecular flexibility index (Phi) is 6.05. The monoisotopic (exact) mass is 520 g/mol. The average molecular weight is 521 g/mol. The fourth-order valence-electron chi connectivity index (χ4n) is 6.32. The maximum atomic E-state index is 15.3. The number of pyridine rings is 1. The standard InChI is InChI=1S/C29H37FN6O2/c1-18-11-21-20(6-7-24-23(21)16-36(34-24)27-5-3-4-10-38-27)28(35(18)17-29(30)8-9-29)22-15-32-26(12-25(22)37-2)33-19-13-31-14-19/h6-7,12,15-16,18-19,27-28,31H,3-5,8-11,13-14,17H2,1-2H3,(H,32,33)/t18-,27?,28+/m1/s1. The summed E-state index contributed by atoms with van der Waals surface area (Å²) in [4.78, 5) is 7.12. The minimum absolute atomic E-state index is 0.00317. The number of benzene rings is 1. The fourth-order valence-corrected chi connectivity index (χ4v) is 6.32. The second kappa shape index (κ2) is 9.47. The number of rotatable bonds is 7. The van der Waals surface area contributed by atoms with Crippen LogP contribution in [0.5, 0.6) is 5.75 Å². The molecule has 2 aromatic heterocycles. The van der Waals surface area contributed by atoms with Gasteiger partial charge in [-0.2, -0.15) is 5.10 Å². The van der Waals surface area contributed by atoms with Gasteiger partial charge >= 0.3 is 0 Å². The molecule has 0 bridgehead atoms. The molecule has 202 valence electrons. The van der Waals surface area contributed by atoms with Gasteiger partial charge in [-0.15, -0.1) is 0 Å². The van der Waals surface area contributed by atoms with Crippen LogP contribution in [0.15, 0.2) is 30.6 Å². The zero-order chi connectivity index (χ0) is 25.9. The van der Waals surface area contributed by atoms with Crippen LogP contribution in [-0.4, -0.2) is 70.8 Å². The number of fused-ring (bicyclic) bond motifs is 3. The van der Waals surface area contributed by atoms with Gasteiger partial charge in [0.05, 0.1) is 24.7 Å². The Labute approximate surface area is 222 Å². The molecule has 1 unspecified atom stereocenters. The number of halogens is 1. The van der Waals surface area contributed by atoms with Gasteiger partial charge in [-0.05, 0) is 62.6 Å². The molecular weight excluding hydrogens is 483 g/mol. The second-order valence-corrected chi connectivity index (χ2v) is 11.6. The van der Waals surface area contributed by atoms with Crippen molar-refractivity contribution in [2.24, 2.45) is 0 Å². The molecule has 3 fully saturated rings. The maximum Gasteiger partial charge on any atom is 0.150 e. The number of nitrogens with one attached hydrogen (secondary N) is 2. The molecule has 3 atom stereocenters. The Hall–Kier alpha value is -2.75. The summed E-state index contributed by atoms with van der Waals surface area (Å²) in [6, 6.07) is 6.67. The number of aromatic nitrogens is 3. The van der Waals surface area contributed by atoms with E-state index in [0.29, 0.717) is 25.4 Å². The fraction of sp³-hybridized carbons (Fsp3) is 0.586. The van der Waals surface area contributed by atoms with Gasteiger partial charge in [-0.3, -0.25) is 4.90 Å². The van der Waals surface area contributed by atoms with Gasteiger partial charge in [-0.1, -0.05) is 6.07 Å². The number of alkyl halides is 1. The number of hydrogen-bond acceptors (Lipinski definition) is 7. The van der Waals surface area contributed by atoms with Crippen LogP contribution in [0.4, 0.5) is 10.2 Å². The van der Waals surface area contributed by atoms with Crippen LogP contribution >= 0.6 is 0 Å². The van der Waals surface area contributed by atoms with Crippen LogP contribution in [0.25, 0.3) is 10.9 Å². The molecule has 2 saturated heterocycles. The van der Waals surface area contributed by atoms with Crippen molar-refractivity contribution in [2.45, 2.75) is 75.5 Å². The molecule has 1 saturated carbocycles. The number of ether oxygens (including phenoxy) is 2. The van der Waals surface area contributed by atoms with Gasteiger partial charge in [0, 0.05) is 61.7 Å². The van der Waals surface area contributed by atoms with Crippen molar-refractivity contribution in [1.29, 1.82) is 0 Å². The normalized spacial score (nSPS) is 27.1. The summed E-state index contributed by atoms with van der Waals surface area (Å²) in [5.41, 5.74) is 3.33. The van der Waals surface area contributed by atoms with Crippen LogP contribution in [0.3, 0.4) is 0 Å². The first-order chi connectivity index (χ1) is 18.5. The van der Waals surface area contributed by atoms with Gasteiger partial charge in [0.15, 0.2) is 0 Å². The second-order valence-electron chi connectivity index (χ2n) is 11.6. The van der Waals surface area contributed by atoms with E-state index in [2.05, 4.69) is 40.8 Å². The number of methoxy groups -OCH3 is 1. The van der Waals surface area contributed by atoms with Crippen molar-refractivity contribution in [3.63, 3.8) is 0 Å². The van der Waals surface area contributed by atoms with Crippen molar-refractivity contribution in [1.82, 2.24) is 25.0 Å². The molecule has 0 spiro atoms. The first-order valence-electron chi connectivity index (χ1n) is 14.1. The molecule has 8 nitrogen and oxygen atoms in total. The first kappa shape index (κ1) is 24.3. The van der Waals surface area contributed by atoms with E-state index in [0.717, 1.165) is 73.4 Å². The van der Waals surface area contributed by atoms with Gasteiger partial charge in [0.2, 0.25) is 0 Å². The van der Waals surface area contributed by atoms with Crippen LogP contribution in [0.2, 0.25) is 0 Å². The molecule has 0 amide bonds. The maximum absolute atomic E-state index is 15.3. The molecule has 4 aliphatic rings. The zero-order valence-corrected chi connectivity index (χ0v) is 22.3. The molecule has 7 rings (SSSR count). The average Bonchev–Trinajstić information content (AvgIpc) is 3.47. The van der Waals surface area contributed by atoms with Gasteiger partial charge in [0.1, 0.15) is 23.5 Å². The van der Waals surface area contributed by atoms with Crippen molar-refractivity contribution < 1.29 is 13.9 Å². The first-order valence-corrected chi connectivity index (χ1v) is 14.1. The zero-order valence-electron chi connectivity index (χ0n) is 22.3. The quantitative estimate of drug-likeness (QED) is 0.479. The lowest BCUT2D eigenvalue weighted by Gasteiger charge is -2.43. The predicted octanol–water partition coefficient (Wildman–Crippen LogP) is 4.36. The molecule has 2 N–H and O–H groups in total. The summed E-state index contributed by atoms with van der Waals surface area (Å²) in [6.07, 6.45) is 9.46. The van der Waals surface area contributed by atoms with E-state index >= 15 is 4.39 Å². The highest BCUT2D eigenvalue weighted by Crippen LogP contribution is 2.48. The van der Waals surface area contributed by atoms with Crippen LogP contribution in [0.1, 0.15) is 68.0 Å². The molecule has 1 aliphatic carbocycles. The summed E-state index contributed by atoms with van der Waals surface area (Å²) in [5, 5.41) is 12.8. The van der Waals surface area contributed by atoms with Crippen molar-refractivity contribution in [3.8, 4) is 5.75 Å². The summed E-state index contributed by atoms with van der Waals surface area (Å²) >= 11 is 0. The third-order valence-corrected chi connectivity index (χ3v) is 8.80. The van der Waals surface area contributed by atoms with Crippen molar-refractivity contribution in [2.75, 3.05) is 38.7 Å². The van der Waals surface area contributed by atoms with E-state index < -0.39 is 5.67 Å². The Morgan fingerprint density at radius 2 is 2.11 bits per heavy atom. The molecule has 1 aromatic carbocycles. The third-order valence-electron chi connectivity index (χ3n) is 8.80. The molecule has 9 heteroatoms. The lowest BCUT2D eigenvalue weighted by Crippen LogP contribution is -2.51. The lowest BCUT2D eigenvalue weighted by molar-refractivity contribution is -0.0390.